The first-order chi connectivity index (χ1) is 15.7. The molecule has 176 valence electrons. The molecule has 0 aliphatic heterocycles. The van der Waals surface area contributed by atoms with Gasteiger partial charge in [-0.3, -0.25) is 4.79 Å². The third-order valence-electron chi connectivity index (χ3n) is 6.07. The largest absolute Gasteiger partial charge is 0.456 e. The number of sulfone groups is 1. The molecule has 6 nitrogen and oxygen atoms in total. The molecular formula is C24H25ClFNO5S. The van der Waals surface area contributed by atoms with Crippen LogP contribution in [0.2, 0.25) is 5.02 Å². The summed E-state index contributed by atoms with van der Waals surface area (Å²) in [4.78, 5) is 12.0. The van der Waals surface area contributed by atoms with Crippen molar-refractivity contribution in [1.82, 2.24) is 4.57 Å². The predicted molar refractivity (Wildman–Crippen MR) is 124 cm³/mol. The first-order valence-corrected chi connectivity index (χ1v) is 13.0. The fourth-order valence-electron chi connectivity index (χ4n) is 4.65. The molecule has 0 bridgehead atoms. The van der Waals surface area contributed by atoms with Gasteiger partial charge >= 0.3 is 5.97 Å². The Morgan fingerprint density at radius 1 is 1.30 bits per heavy atom. The molecule has 33 heavy (non-hydrogen) atoms. The predicted octanol–water partition coefficient (Wildman–Crippen LogP) is 4.75. The third-order valence-corrected chi connectivity index (χ3v) is 7.44. The van der Waals surface area contributed by atoms with Crippen LogP contribution in [0.3, 0.4) is 0 Å². The van der Waals surface area contributed by atoms with Crippen molar-refractivity contribution in [2.75, 3.05) is 12.9 Å². The Hall–Kier alpha value is -2.42. The maximum absolute atomic E-state index is 14.6. The van der Waals surface area contributed by atoms with Crippen LogP contribution in [0.4, 0.5) is 4.39 Å². The molecule has 1 aromatic heterocycles. The van der Waals surface area contributed by atoms with Crippen molar-refractivity contribution >= 4 is 38.3 Å². The number of fused-ring (bicyclic) bond motifs is 3. The molecule has 2 atom stereocenters. The van der Waals surface area contributed by atoms with Crippen LogP contribution < -0.4 is 0 Å². The van der Waals surface area contributed by atoms with E-state index >= 15 is 0 Å². The first-order valence-electron chi connectivity index (χ1n) is 10.8. The Kier molecular flexibility index (Phi) is 6.53. The van der Waals surface area contributed by atoms with E-state index in [4.69, 9.17) is 16.3 Å². The van der Waals surface area contributed by atoms with Crippen molar-refractivity contribution < 1.29 is 27.4 Å². The topological polar surface area (TPSA) is 85.6 Å². The van der Waals surface area contributed by atoms with Crippen LogP contribution in [0.5, 0.6) is 0 Å². The molecule has 1 aliphatic carbocycles. The zero-order valence-electron chi connectivity index (χ0n) is 18.3. The number of esters is 1. The normalized spacial score (nSPS) is 17.1. The lowest BCUT2D eigenvalue weighted by Crippen LogP contribution is -2.24. The van der Waals surface area contributed by atoms with Crippen LogP contribution in [-0.4, -0.2) is 36.9 Å². The maximum atomic E-state index is 14.6. The summed E-state index contributed by atoms with van der Waals surface area (Å²) in [7, 11) is -3.82. The number of halogens is 2. The Labute approximate surface area is 196 Å². The number of aromatic nitrogens is 1. The Bertz CT molecular complexity index is 1320. The van der Waals surface area contributed by atoms with Gasteiger partial charge in [-0.1, -0.05) is 30.7 Å². The van der Waals surface area contributed by atoms with E-state index in [0.29, 0.717) is 46.4 Å². The quantitative estimate of drug-likeness (QED) is 0.501. The van der Waals surface area contributed by atoms with Crippen LogP contribution >= 0.6 is 11.6 Å². The van der Waals surface area contributed by atoms with E-state index in [1.165, 1.54) is 6.07 Å². The molecule has 0 saturated heterocycles. The van der Waals surface area contributed by atoms with E-state index in [-0.39, 0.29) is 23.9 Å². The molecule has 0 amide bonds. The van der Waals surface area contributed by atoms with Gasteiger partial charge < -0.3 is 14.4 Å². The van der Waals surface area contributed by atoms with Crippen molar-refractivity contribution in [2.45, 2.75) is 49.6 Å². The molecule has 1 aliphatic rings. The van der Waals surface area contributed by atoms with Gasteiger partial charge in [-0.05, 0) is 54.7 Å². The zero-order valence-corrected chi connectivity index (χ0v) is 19.9. The summed E-state index contributed by atoms with van der Waals surface area (Å²) in [5.74, 6) is -1.05. The Morgan fingerprint density at radius 2 is 2.00 bits per heavy atom. The molecule has 0 fully saturated rings. The van der Waals surface area contributed by atoms with E-state index < -0.39 is 27.8 Å². The van der Waals surface area contributed by atoms with Crippen LogP contribution in [0.1, 0.15) is 55.2 Å². The minimum Gasteiger partial charge on any atom is -0.456 e. The third kappa shape index (κ3) is 4.39. The molecule has 4 rings (SSSR count). The van der Waals surface area contributed by atoms with Gasteiger partial charge in [0, 0.05) is 23.1 Å². The number of aryl methyl sites for hydroxylation is 1. The lowest BCUT2D eigenvalue weighted by atomic mass is 9.92. The van der Waals surface area contributed by atoms with E-state index in [9.17, 15) is 22.7 Å². The number of rotatable bonds is 6. The summed E-state index contributed by atoms with van der Waals surface area (Å²) in [6, 6.07) is 8.50. The highest BCUT2D eigenvalue weighted by molar-refractivity contribution is 7.91. The van der Waals surface area contributed by atoms with Crippen LogP contribution in [0.25, 0.3) is 10.9 Å². The van der Waals surface area contributed by atoms with Crippen molar-refractivity contribution in [3.05, 3.63) is 64.1 Å². The van der Waals surface area contributed by atoms with Gasteiger partial charge in [0.15, 0.2) is 9.84 Å². The van der Waals surface area contributed by atoms with Gasteiger partial charge in [-0.25, -0.2) is 12.8 Å². The lowest BCUT2D eigenvalue weighted by molar-refractivity contribution is -0.150. The molecule has 9 heteroatoms. The van der Waals surface area contributed by atoms with Crippen LogP contribution in [0.15, 0.2) is 41.3 Å². The molecule has 0 radical (unpaired) electrons. The van der Waals surface area contributed by atoms with Gasteiger partial charge in [-0.2, -0.15) is 0 Å². The Balaban J connectivity index is 2.11. The average molecular weight is 494 g/mol. The van der Waals surface area contributed by atoms with Crippen LogP contribution in [-0.2, 0) is 25.8 Å². The first kappa shape index (κ1) is 23.7. The smallest absolute Gasteiger partial charge is 0.306 e. The second-order valence-electron chi connectivity index (χ2n) is 8.28. The van der Waals surface area contributed by atoms with Gasteiger partial charge in [0.2, 0.25) is 0 Å². The summed E-state index contributed by atoms with van der Waals surface area (Å²) < 4.78 is 47.5. The molecule has 0 saturated carbocycles. The highest BCUT2D eigenvalue weighted by Gasteiger charge is 2.35. The fraction of sp³-hybridized carbons (Fsp3) is 0.375. The number of carbonyl (C=O) groups is 1. The Morgan fingerprint density at radius 3 is 2.61 bits per heavy atom. The monoisotopic (exact) mass is 493 g/mol. The minimum atomic E-state index is -3.82. The summed E-state index contributed by atoms with van der Waals surface area (Å²) in [5.41, 5.74) is 2.33. The number of hydrogen-bond acceptors (Lipinski definition) is 5. The number of nitrogens with zero attached hydrogens (tertiary/aromatic N) is 1. The van der Waals surface area contributed by atoms with E-state index in [1.807, 2.05) is 0 Å². The van der Waals surface area contributed by atoms with E-state index in [1.54, 1.807) is 35.8 Å². The highest BCUT2D eigenvalue weighted by Crippen LogP contribution is 2.44. The van der Waals surface area contributed by atoms with Gasteiger partial charge in [0.05, 0.1) is 28.8 Å². The molecule has 3 aromatic rings. The highest BCUT2D eigenvalue weighted by atomic mass is 35.5. The lowest BCUT2D eigenvalue weighted by Gasteiger charge is -2.29. The number of hydrogen-bond donors (Lipinski definition) is 1. The molecule has 2 aromatic carbocycles. The summed E-state index contributed by atoms with van der Waals surface area (Å²) >= 11 is 6.05. The minimum absolute atomic E-state index is 0.167. The van der Waals surface area contributed by atoms with Gasteiger partial charge in [0.25, 0.3) is 0 Å². The van der Waals surface area contributed by atoms with Crippen molar-refractivity contribution in [3.63, 3.8) is 0 Å². The number of aliphatic hydroxyl groups is 1. The number of benzene rings is 2. The average Bonchev–Trinajstić information content (AvgIpc) is 3.09. The van der Waals surface area contributed by atoms with Gasteiger partial charge in [0.1, 0.15) is 11.9 Å². The van der Waals surface area contributed by atoms with Gasteiger partial charge in [-0.15, -0.1) is 0 Å². The number of aliphatic hydroxyl groups excluding tert-OH is 1. The molecule has 0 spiro atoms. The number of ether oxygens (including phenoxy) is 1. The van der Waals surface area contributed by atoms with E-state index in [2.05, 4.69) is 0 Å². The molecule has 0 unspecified atom stereocenters. The van der Waals surface area contributed by atoms with Crippen molar-refractivity contribution in [1.29, 1.82) is 0 Å². The summed E-state index contributed by atoms with van der Waals surface area (Å²) in [6.45, 7) is 1.34. The second kappa shape index (κ2) is 9.08. The zero-order chi connectivity index (χ0) is 23.9. The molecule has 1 N–H and O–H groups in total. The van der Waals surface area contributed by atoms with Crippen molar-refractivity contribution in [2.24, 2.45) is 0 Å². The summed E-state index contributed by atoms with van der Waals surface area (Å²) in [6.07, 6.45) is 2.40. The maximum Gasteiger partial charge on any atom is 0.306 e. The fourth-order valence-corrected chi connectivity index (χ4v) is 5.67. The molecular weight excluding hydrogens is 469 g/mol. The van der Waals surface area contributed by atoms with E-state index in [0.717, 1.165) is 17.9 Å². The van der Waals surface area contributed by atoms with Crippen molar-refractivity contribution in [3.8, 4) is 0 Å². The SMILES string of the molecule is CCC(=O)O[C@@H]1CCCc2c1n([C@@H](CO)c1ccc(Cl)cc1)c1c(S(C)(=O)=O)cc(F)cc21. The second-order valence-corrected chi connectivity index (χ2v) is 10.7. The molecule has 1 heterocycles. The summed E-state index contributed by atoms with van der Waals surface area (Å²) in [5, 5.41) is 11.4. The number of carbonyl (C=O) groups excluding carboxylic acids is 1. The van der Waals surface area contributed by atoms with Crippen LogP contribution in [0, 0.1) is 5.82 Å². The standard InChI is InChI=1S/C24H25ClFNO5S/c1-3-22(29)32-20-6-4-5-17-18-11-16(26)12-21(33(2,30)31)24(18)27(23(17)20)19(13-28)14-7-9-15(25)10-8-14/h7-12,19-20,28H,3-6,13H2,1-2H3/t19-,20+/m0/s1.